The molecule has 1 fully saturated rings. The van der Waals surface area contributed by atoms with Crippen molar-refractivity contribution in [3.8, 4) is 0 Å². The van der Waals surface area contributed by atoms with Crippen molar-refractivity contribution in [2.45, 2.75) is 25.3 Å². The van der Waals surface area contributed by atoms with Crippen LogP contribution in [0.1, 0.15) is 19.3 Å². The summed E-state index contributed by atoms with van der Waals surface area (Å²) in [7, 11) is 0. The van der Waals surface area contributed by atoms with Gasteiger partial charge in [0.05, 0.1) is 0 Å². The number of piperidine rings is 1. The summed E-state index contributed by atoms with van der Waals surface area (Å²) < 4.78 is 0. The van der Waals surface area contributed by atoms with Crippen molar-refractivity contribution in [3.05, 3.63) is 0 Å². The molecule has 4 N–H and O–H groups in total. The SMILES string of the molecule is NCC1CCCCN1N. The van der Waals surface area contributed by atoms with Crippen molar-refractivity contribution in [1.82, 2.24) is 5.01 Å². The van der Waals surface area contributed by atoms with E-state index in [2.05, 4.69) is 0 Å². The van der Waals surface area contributed by atoms with Crippen molar-refractivity contribution >= 4 is 0 Å². The maximum Gasteiger partial charge on any atom is 0.0363 e. The molecule has 3 heteroatoms. The summed E-state index contributed by atoms with van der Waals surface area (Å²) in [6, 6.07) is 0.443. The Labute approximate surface area is 56.0 Å². The summed E-state index contributed by atoms with van der Waals surface area (Å²) in [5.74, 6) is 5.64. The van der Waals surface area contributed by atoms with Gasteiger partial charge in [0.1, 0.15) is 0 Å². The Bertz CT molecular complexity index is 84.4. The second kappa shape index (κ2) is 3.15. The lowest BCUT2D eigenvalue weighted by Gasteiger charge is -2.30. The van der Waals surface area contributed by atoms with Crippen LogP contribution in [-0.2, 0) is 0 Å². The molecule has 0 aromatic carbocycles. The van der Waals surface area contributed by atoms with Gasteiger partial charge in [-0.25, -0.2) is 5.01 Å². The lowest BCUT2D eigenvalue weighted by molar-refractivity contribution is 0.156. The number of hydrazine groups is 1. The van der Waals surface area contributed by atoms with Gasteiger partial charge < -0.3 is 5.73 Å². The molecule has 1 aliphatic rings. The summed E-state index contributed by atoms with van der Waals surface area (Å²) in [6.07, 6.45) is 3.69. The first-order chi connectivity index (χ1) is 4.34. The fraction of sp³-hybridized carbons (Fsp3) is 1.00. The molecule has 0 aliphatic carbocycles. The number of rotatable bonds is 1. The van der Waals surface area contributed by atoms with Gasteiger partial charge >= 0.3 is 0 Å². The quantitative estimate of drug-likeness (QED) is 0.477. The molecule has 0 radical (unpaired) electrons. The third-order valence-electron chi connectivity index (χ3n) is 1.94. The third-order valence-corrected chi connectivity index (χ3v) is 1.94. The molecule has 3 nitrogen and oxygen atoms in total. The van der Waals surface area contributed by atoms with Crippen LogP contribution >= 0.6 is 0 Å². The zero-order valence-electron chi connectivity index (χ0n) is 5.71. The van der Waals surface area contributed by atoms with Gasteiger partial charge in [0.15, 0.2) is 0 Å². The standard InChI is InChI=1S/C6H15N3/c7-5-6-3-1-2-4-9(6)8/h6H,1-5,7-8H2. The van der Waals surface area contributed by atoms with E-state index in [4.69, 9.17) is 11.6 Å². The van der Waals surface area contributed by atoms with Crippen molar-refractivity contribution < 1.29 is 0 Å². The molecule has 0 spiro atoms. The van der Waals surface area contributed by atoms with E-state index < -0.39 is 0 Å². The van der Waals surface area contributed by atoms with Crippen LogP contribution in [0.5, 0.6) is 0 Å². The molecule has 0 aromatic rings. The van der Waals surface area contributed by atoms with Gasteiger partial charge in [-0.15, -0.1) is 0 Å². The van der Waals surface area contributed by atoms with Gasteiger partial charge in [0.2, 0.25) is 0 Å². The van der Waals surface area contributed by atoms with Crippen molar-refractivity contribution in [1.29, 1.82) is 0 Å². The van der Waals surface area contributed by atoms with Crippen LogP contribution in [0.25, 0.3) is 0 Å². The molecular formula is C6H15N3. The van der Waals surface area contributed by atoms with Gasteiger partial charge in [0, 0.05) is 19.1 Å². The van der Waals surface area contributed by atoms with Gasteiger partial charge in [-0.3, -0.25) is 5.84 Å². The second-order valence-electron chi connectivity index (χ2n) is 2.62. The highest BCUT2D eigenvalue weighted by molar-refractivity contribution is 4.72. The first kappa shape index (κ1) is 6.99. The van der Waals surface area contributed by atoms with E-state index >= 15 is 0 Å². The van der Waals surface area contributed by atoms with Crippen LogP contribution in [0.3, 0.4) is 0 Å². The summed E-state index contributed by atoms with van der Waals surface area (Å²) in [6.45, 7) is 1.72. The summed E-state index contributed by atoms with van der Waals surface area (Å²) in [4.78, 5) is 0. The highest BCUT2D eigenvalue weighted by Gasteiger charge is 2.16. The van der Waals surface area contributed by atoms with Gasteiger partial charge in [-0.1, -0.05) is 6.42 Å². The van der Waals surface area contributed by atoms with Crippen LogP contribution < -0.4 is 11.6 Å². The molecule has 1 rings (SSSR count). The first-order valence-corrected chi connectivity index (χ1v) is 3.56. The summed E-state index contributed by atoms with van der Waals surface area (Å²) in [5, 5.41) is 1.86. The van der Waals surface area contributed by atoms with Crippen molar-refractivity contribution in [2.75, 3.05) is 13.1 Å². The molecule has 1 unspecified atom stereocenters. The Morgan fingerprint density at radius 1 is 1.44 bits per heavy atom. The minimum Gasteiger partial charge on any atom is -0.329 e. The number of nitrogens with zero attached hydrogens (tertiary/aromatic N) is 1. The molecule has 1 aliphatic heterocycles. The molecule has 0 aromatic heterocycles. The van der Waals surface area contributed by atoms with Crippen LogP contribution in [0.15, 0.2) is 0 Å². The fourth-order valence-electron chi connectivity index (χ4n) is 1.28. The van der Waals surface area contributed by atoms with Gasteiger partial charge in [0.25, 0.3) is 0 Å². The lowest BCUT2D eigenvalue weighted by atomic mass is 10.0. The topological polar surface area (TPSA) is 55.3 Å². The predicted octanol–water partition coefficient (Wildman–Crippen LogP) is -0.327. The van der Waals surface area contributed by atoms with Crippen molar-refractivity contribution in [3.63, 3.8) is 0 Å². The molecule has 1 atom stereocenters. The van der Waals surface area contributed by atoms with Crippen LogP contribution in [-0.4, -0.2) is 24.1 Å². The average Bonchev–Trinajstić information content (AvgIpc) is 1.89. The fourth-order valence-corrected chi connectivity index (χ4v) is 1.28. The molecule has 0 amide bonds. The van der Waals surface area contributed by atoms with Crippen molar-refractivity contribution in [2.24, 2.45) is 11.6 Å². The van der Waals surface area contributed by atoms with E-state index in [1.54, 1.807) is 0 Å². The van der Waals surface area contributed by atoms with Gasteiger partial charge in [-0.05, 0) is 12.8 Å². The predicted molar refractivity (Wildman–Crippen MR) is 37.6 cm³/mol. The highest BCUT2D eigenvalue weighted by Crippen LogP contribution is 2.11. The normalized spacial score (nSPS) is 30.7. The number of nitrogens with two attached hydrogens (primary N) is 2. The Morgan fingerprint density at radius 2 is 2.22 bits per heavy atom. The van der Waals surface area contributed by atoms with E-state index in [0.717, 1.165) is 6.54 Å². The second-order valence-corrected chi connectivity index (χ2v) is 2.62. The smallest absolute Gasteiger partial charge is 0.0363 e. The van der Waals surface area contributed by atoms with E-state index in [1.165, 1.54) is 19.3 Å². The van der Waals surface area contributed by atoms with E-state index in [-0.39, 0.29) is 0 Å². The van der Waals surface area contributed by atoms with E-state index in [0.29, 0.717) is 12.6 Å². The van der Waals surface area contributed by atoms with E-state index in [1.807, 2.05) is 5.01 Å². The van der Waals surface area contributed by atoms with E-state index in [9.17, 15) is 0 Å². The Kier molecular flexibility index (Phi) is 2.45. The molecular weight excluding hydrogens is 114 g/mol. The van der Waals surface area contributed by atoms with Gasteiger partial charge in [-0.2, -0.15) is 0 Å². The highest BCUT2D eigenvalue weighted by atomic mass is 15.4. The maximum atomic E-state index is 5.64. The summed E-state index contributed by atoms with van der Waals surface area (Å²) in [5.41, 5.74) is 5.47. The molecule has 0 bridgehead atoms. The Hall–Kier alpha value is -0.120. The third kappa shape index (κ3) is 1.64. The zero-order chi connectivity index (χ0) is 6.69. The monoisotopic (exact) mass is 129 g/mol. The summed E-state index contributed by atoms with van der Waals surface area (Å²) >= 11 is 0. The maximum absolute atomic E-state index is 5.64. The molecule has 0 saturated carbocycles. The number of hydrogen-bond acceptors (Lipinski definition) is 3. The Balaban J connectivity index is 2.30. The molecule has 1 saturated heterocycles. The van der Waals surface area contributed by atoms with Crippen LogP contribution in [0.4, 0.5) is 0 Å². The zero-order valence-corrected chi connectivity index (χ0v) is 5.71. The number of hydrogen-bond donors (Lipinski definition) is 2. The molecule has 54 valence electrons. The Morgan fingerprint density at radius 3 is 2.67 bits per heavy atom. The minimum absolute atomic E-state index is 0.443. The van der Waals surface area contributed by atoms with Crippen LogP contribution in [0, 0.1) is 0 Å². The average molecular weight is 129 g/mol. The first-order valence-electron chi connectivity index (χ1n) is 3.56. The van der Waals surface area contributed by atoms with Crippen LogP contribution in [0.2, 0.25) is 0 Å². The lowest BCUT2D eigenvalue weighted by Crippen LogP contribution is -2.48. The largest absolute Gasteiger partial charge is 0.329 e. The molecule has 1 heterocycles. The minimum atomic E-state index is 0.443. The molecule has 9 heavy (non-hydrogen) atoms.